The Balaban J connectivity index is 1.83. The van der Waals surface area contributed by atoms with Crippen molar-refractivity contribution >= 4 is 17.0 Å². The summed E-state index contributed by atoms with van der Waals surface area (Å²) in [7, 11) is 0. The lowest BCUT2D eigenvalue weighted by Crippen LogP contribution is -2.18. The summed E-state index contributed by atoms with van der Waals surface area (Å²) in [6.45, 7) is 2.77. The van der Waals surface area contributed by atoms with Crippen molar-refractivity contribution < 1.29 is 17.9 Å². The Bertz CT molecular complexity index is 846. The molecule has 1 N–H and O–H groups in total. The summed E-state index contributed by atoms with van der Waals surface area (Å²) in [6.07, 6.45) is -1.71. The number of fused-ring (bicyclic) bond motifs is 1. The number of nitrogens with zero attached hydrogens (tertiary/aromatic N) is 4. The van der Waals surface area contributed by atoms with Gasteiger partial charge in [0.15, 0.2) is 11.5 Å². The number of hydrogen-bond donors (Lipinski definition) is 1. The number of anilines is 1. The van der Waals surface area contributed by atoms with Crippen molar-refractivity contribution in [2.24, 2.45) is 0 Å². The molecular formula is C15H14F3N5O. The fraction of sp³-hybridized carbons (Fsp3) is 0.267. The van der Waals surface area contributed by atoms with Gasteiger partial charge < -0.3 is 14.6 Å². The molecule has 0 atom stereocenters. The summed E-state index contributed by atoms with van der Waals surface area (Å²) in [5, 5.41) is 2.99. The molecular weight excluding hydrogens is 323 g/mol. The highest BCUT2D eigenvalue weighted by Crippen LogP contribution is 2.27. The summed E-state index contributed by atoms with van der Waals surface area (Å²) in [6, 6.07) is 5.95. The standard InChI is InChI=1S/C15H14F3N5O/c1-2-23-9-22-12-13(20-8-21-14(12)23)19-7-10-5-3-4-6-11(10)24-15(16,17)18/h3-6,8-9H,2,7H2,1H3,(H,19,20,21). The van der Waals surface area contributed by atoms with E-state index in [1.54, 1.807) is 18.5 Å². The Kier molecular flexibility index (Phi) is 4.24. The minimum Gasteiger partial charge on any atom is -0.405 e. The quantitative estimate of drug-likeness (QED) is 0.773. The van der Waals surface area contributed by atoms with Gasteiger partial charge in [-0.15, -0.1) is 13.2 Å². The lowest BCUT2D eigenvalue weighted by Gasteiger charge is -2.13. The van der Waals surface area contributed by atoms with E-state index in [1.807, 2.05) is 11.5 Å². The van der Waals surface area contributed by atoms with Gasteiger partial charge in [-0.05, 0) is 13.0 Å². The lowest BCUT2D eigenvalue weighted by molar-refractivity contribution is -0.274. The lowest BCUT2D eigenvalue weighted by atomic mass is 10.2. The van der Waals surface area contributed by atoms with Crippen molar-refractivity contribution in [2.45, 2.75) is 26.4 Å². The van der Waals surface area contributed by atoms with Crippen LogP contribution in [0.25, 0.3) is 11.2 Å². The number of imidazole rings is 1. The summed E-state index contributed by atoms with van der Waals surface area (Å²) >= 11 is 0. The number of benzene rings is 1. The van der Waals surface area contributed by atoms with Crippen LogP contribution in [0.5, 0.6) is 5.75 Å². The van der Waals surface area contributed by atoms with E-state index in [2.05, 4.69) is 25.0 Å². The number of nitrogens with one attached hydrogen (secondary N) is 1. The van der Waals surface area contributed by atoms with Gasteiger partial charge in [0, 0.05) is 18.7 Å². The third kappa shape index (κ3) is 3.39. The number of para-hydroxylation sites is 1. The summed E-state index contributed by atoms with van der Waals surface area (Å²) in [4.78, 5) is 12.5. The van der Waals surface area contributed by atoms with Gasteiger partial charge in [0.2, 0.25) is 0 Å². The van der Waals surface area contributed by atoms with Crippen LogP contribution in [0.4, 0.5) is 19.0 Å². The molecule has 0 aliphatic carbocycles. The Morgan fingerprint density at radius 2 is 1.96 bits per heavy atom. The van der Waals surface area contributed by atoms with Crippen LogP contribution in [-0.2, 0) is 13.1 Å². The van der Waals surface area contributed by atoms with Crippen LogP contribution in [0, 0.1) is 0 Å². The normalized spacial score (nSPS) is 11.7. The van der Waals surface area contributed by atoms with E-state index in [9.17, 15) is 13.2 Å². The SMILES string of the molecule is CCn1cnc2c(NCc3ccccc3OC(F)(F)F)ncnc21. The first-order valence-electron chi connectivity index (χ1n) is 7.21. The Morgan fingerprint density at radius 3 is 2.71 bits per heavy atom. The number of aromatic nitrogens is 4. The molecule has 0 radical (unpaired) electrons. The van der Waals surface area contributed by atoms with Crippen LogP contribution < -0.4 is 10.1 Å². The van der Waals surface area contributed by atoms with E-state index in [0.29, 0.717) is 29.1 Å². The van der Waals surface area contributed by atoms with Gasteiger partial charge >= 0.3 is 6.36 Å². The summed E-state index contributed by atoms with van der Waals surface area (Å²) in [5.74, 6) is 0.205. The maximum Gasteiger partial charge on any atom is 0.573 e. The Morgan fingerprint density at radius 1 is 1.17 bits per heavy atom. The molecule has 0 aliphatic heterocycles. The van der Waals surface area contributed by atoms with Crippen molar-refractivity contribution in [3.8, 4) is 5.75 Å². The number of ether oxygens (including phenoxy) is 1. The molecule has 0 bridgehead atoms. The topological polar surface area (TPSA) is 64.9 Å². The summed E-state index contributed by atoms with van der Waals surface area (Å²) < 4.78 is 43.3. The first-order chi connectivity index (χ1) is 11.5. The fourth-order valence-corrected chi connectivity index (χ4v) is 2.29. The number of halogens is 3. The first kappa shape index (κ1) is 16.0. The van der Waals surface area contributed by atoms with Crippen LogP contribution in [0.2, 0.25) is 0 Å². The third-order valence-electron chi connectivity index (χ3n) is 3.39. The minimum absolute atomic E-state index is 0.108. The molecule has 0 saturated carbocycles. The average Bonchev–Trinajstić information content (AvgIpc) is 2.96. The number of alkyl halides is 3. The zero-order chi connectivity index (χ0) is 17.2. The highest BCUT2D eigenvalue weighted by atomic mass is 19.4. The van der Waals surface area contributed by atoms with E-state index in [0.717, 1.165) is 0 Å². The molecule has 126 valence electrons. The first-order valence-corrected chi connectivity index (χ1v) is 7.21. The molecule has 1 aromatic carbocycles. The second-order valence-corrected chi connectivity index (χ2v) is 4.93. The number of hydrogen-bond acceptors (Lipinski definition) is 5. The Labute approximate surface area is 135 Å². The van der Waals surface area contributed by atoms with Crippen molar-refractivity contribution in [1.29, 1.82) is 0 Å². The Hall–Kier alpha value is -2.84. The molecule has 0 fully saturated rings. The molecule has 6 nitrogen and oxygen atoms in total. The van der Waals surface area contributed by atoms with Crippen LogP contribution in [0.3, 0.4) is 0 Å². The summed E-state index contributed by atoms with van der Waals surface area (Å²) in [5.41, 5.74) is 1.58. The zero-order valence-electron chi connectivity index (χ0n) is 12.7. The predicted molar refractivity (Wildman–Crippen MR) is 81.4 cm³/mol. The van der Waals surface area contributed by atoms with E-state index >= 15 is 0 Å². The van der Waals surface area contributed by atoms with Crippen LogP contribution >= 0.6 is 0 Å². The number of rotatable bonds is 5. The van der Waals surface area contributed by atoms with Gasteiger partial charge in [-0.2, -0.15) is 0 Å². The maximum absolute atomic E-state index is 12.5. The second-order valence-electron chi connectivity index (χ2n) is 4.93. The molecule has 3 rings (SSSR count). The van der Waals surface area contributed by atoms with Crippen molar-refractivity contribution in [2.75, 3.05) is 5.32 Å². The zero-order valence-corrected chi connectivity index (χ0v) is 12.7. The largest absolute Gasteiger partial charge is 0.573 e. The van der Waals surface area contributed by atoms with E-state index in [1.165, 1.54) is 18.5 Å². The van der Waals surface area contributed by atoms with Gasteiger partial charge in [-0.25, -0.2) is 15.0 Å². The van der Waals surface area contributed by atoms with E-state index in [4.69, 9.17) is 0 Å². The second kappa shape index (κ2) is 6.34. The molecule has 2 aromatic heterocycles. The molecule has 0 amide bonds. The molecule has 0 unspecified atom stereocenters. The fourth-order valence-electron chi connectivity index (χ4n) is 2.29. The average molecular weight is 337 g/mol. The maximum atomic E-state index is 12.5. The highest BCUT2D eigenvalue weighted by molar-refractivity contribution is 5.82. The van der Waals surface area contributed by atoms with Crippen LogP contribution in [0.15, 0.2) is 36.9 Å². The molecule has 0 aliphatic rings. The van der Waals surface area contributed by atoms with Crippen LogP contribution in [0.1, 0.15) is 12.5 Å². The van der Waals surface area contributed by atoms with Gasteiger partial charge in [-0.3, -0.25) is 0 Å². The minimum atomic E-state index is -4.74. The monoisotopic (exact) mass is 337 g/mol. The van der Waals surface area contributed by atoms with Crippen LogP contribution in [-0.4, -0.2) is 25.9 Å². The van der Waals surface area contributed by atoms with Gasteiger partial charge in [-0.1, -0.05) is 18.2 Å². The molecule has 24 heavy (non-hydrogen) atoms. The van der Waals surface area contributed by atoms with Gasteiger partial charge in [0.25, 0.3) is 0 Å². The molecule has 2 heterocycles. The smallest absolute Gasteiger partial charge is 0.405 e. The van der Waals surface area contributed by atoms with Crippen molar-refractivity contribution in [3.05, 3.63) is 42.5 Å². The molecule has 0 saturated heterocycles. The highest BCUT2D eigenvalue weighted by Gasteiger charge is 2.31. The molecule has 9 heteroatoms. The molecule has 3 aromatic rings. The molecule has 0 spiro atoms. The van der Waals surface area contributed by atoms with Gasteiger partial charge in [0.05, 0.1) is 6.33 Å². The van der Waals surface area contributed by atoms with E-state index < -0.39 is 6.36 Å². The number of aryl methyl sites for hydroxylation is 1. The van der Waals surface area contributed by atoms with Gasteiger partial charge in [0.1, 0.15) is 17.6 Å². The van der Waals surface area contributed by atoms with Crippen molar-refractivity contribution in [1.82, 2.24) is 19.5 Å². The van der Waals surface area contributed by atoms with E-state index in [-0.39, 0.29) is 12.3 Å². The predicted octanol–water partition coefficient (Wildman–Crippen LogP) is 3.36. The third-order valence-corrected chi connectivity index (χ3v) is 3.39. The van der Waals surface area contributed by atoms with Crippen molar-refractivity contribution in [3.63, 3.8) is 0 Å².